The smallest absolute Gasteiger partial charge is 0.261 e. The first-order valence-electron chi connectivity index (χ1n) is 12.6. The van der Waals surface area contributed by atoms with Crippen LogP contribution < -0.4 is 5.56 Å². The van der Waals surface area contributed by atoms with Gasteiger partial charge in [-0.25, -0.2) is 9.37 Å². The first kappa shape index (κ1) is 26.2. The Bertz CT molecular complexity index is 1450. The van der Waals surface area contributed by atoms with Crippen molar-refractivity contribution in [3.8, 4) is 17.0 Å². The van der Waals surface area contributed by atoms with Gasteiger partial charge in [0.25, 0.3) is 5.56 Å². The van der Waals surface area contributed by atoms with Crippen LogP contribution in [0.3, 0.4) is 0 Å². The van der Waals surface area contributed by atoms with Crippen molar-refractivity contribution < 1.29 is 13.9 Å². The quantitative estimate of drug-likeness (QED) is 0.264. The van der Waals surface area contributed by atoms with Crippen molar-refractivity contribution in [1.82, 2.24) is 14.5 Å². The third-order valence-electron chi connectivity index (χ3n) is 6.64. The largest absolute Gasteiger partial charge is 0.493 e. The third-order valence-corrected chi connectivity index (χ3v) is 6.64. The van der Waals surface area contributed by atoms with E-state index in [4.69, 9.17) is 0 Å². The molecule has 0 aliphatic heterocycles. The van der Waals surface area contributed by atoms with E-state index >= 15 is 0 Å². The second-order valence-corrected chi connectivity index (χ2v) is 9.23. The minimum Gasteiger partial charge on any atom is -0.493 e. The van der Waals surface area contributed by atoms with E-state index in [-0.39, 0.29) is 29.2 Å². The van der Waals surface area contributed by atoms with Gasteiger partial charge in [-0.1, -0.05) is 56.7 Å². The number of halogens is 2. The molecule has 1 N–H and O–H groups in total. The molecule has 0 saturated carbocycles. The molecule has 5 nitrogen and oxygen atoms in total. The SMILES string of the molecule is CCCCc1nc(O)c(Cc2ccc(-c3ccc(F)nc3C)cc2)c(=O)n1[C@@H](CC)c1cccc(F)c1. The number of nitrogens with zero attached hydrogens (tertiary/aromatic N) is 3. The molecule has 2 aromatic carbocycles. The fourth-order valence-electron chi connectivity index (χ4n) is 4.71. The number of aryl methyl sites for hydroxylation is 2. The van der Waals surface area contributed by atoms with E-state index in [0.717, 1.165) is 29.5 Å². The standard InChI is InChI=1S/C30H31F2N3O2/c1-4-6-10-28-34-29(36)25(30(37)35(28)26(5-2)22-8-7-9-23(31)18-22)17-20-11-13-21(14-12-20)24-15-16-27(32)33-19(24)3/h7-9,11-16,18,26,36H,4-6,10,17H2,1-3H3/t26-/m0/s1. The van der Waals surface area contributed by atoms with Crippen LogP contribution in [0.15, 0.2) is 65.5 Å². The molecular weight excluding hydrogens is 472 g/mol. The van der Waals surface area contributed by atoms with Gasteiger partial charge in [0.15, 0.2) is 0 Å². The minimum atomic E-state index is -0.525. The lowest BCUT2D eigenvalue weighted by Crippen LogP contribution is -2.32. The minimum absolute atomic E-state index is 0.187. The molecule has 0 unspecified atom stereocenters. The molecule has 37 heavy (non-hydrogen) atoms. The predicted molar refractivity (Wildman–Crippen MR) is 141 cm³/mol. The second-order valence-electron chi connectivity index (χ2n) is 9.23. The summed E-state index contributed by atoms with van der Waals surface area (Å²) >= 11 is 0. The lowest BCUT2D eigenvalue weighted by Gasteiger charge is -2.23. The zero-order valence-electron chi connectivity index (χ0n) is 21.3. The zero-order chi connectivity index (χ0) is 26.5. The number of aromatic hydroxyl groups is 1. The van der Waals surface area contributed by atoms with Gasteiger partial charge in [-0.2, -0.15) is 9.37 Å². The van der Waals surface area contributed by atoms with Crippen molar-refractivity contribution in [2.75, 3.05) is 0 Å². The summed E-state index contributed by atoms with van der Waals surface area (Å²) in [7, 11) is 0. The summed E-state index contributed by atoms with van der Waals surface area (Å²) in [5.41, 5.74) is 3.66. The van der Waals surface area contributed by atoms with Crippen LogP contribution in [-0.4, -0.2) is 19.6 Å². The molecule has 0 aliphatic carbocycles. The summed E-state index contributed by atoms with van der Waals surface area (Å²) in [6.07, 6.45) is 3.00. The highest BCUT2D eigenvalue weighted by molar-refractivity contribution is 5.65. The molecule has 0 fully saturated rings. The molecule has 4 aromatic rings. The Balaban J connectivity index is 1.74. The highest BCUT2D eigenvalue weighted by atomic mass is 19.1. The van der Waals surface area contributed by atoms with Crippen molar-refractivity contribution in [3.05, 3.63) is 111 Å². The van der Waals surface area contributed by atoms with E-state index in [1.165, 1.54) is 18.2 Å². The van der Waals surface area contributed by atoms with Crippen molar-refractivity contribution in [3.63, 3.8) is 0 Å². The van der Waals surface area contributed by atoms with Crippen LogP contribution in [0.1, 0.15) is 67.4 Å². The molecule has 0 saturated heterocycles. The summed E-state index contributed by atoms with van der Waals surface area (Å²) in [6.45, 7) is 5.75. The Kier molecular flexibility index (Phi) is 8.11. The van der Waals surface area contributed by atoms with Crippen molar-refractivity contribution in [2.45, 2.75) is 58.9 Å². The van der Waals surface area contributed by atoms with Crippen molar-refractivity contribution in [1.29, 1.82) is 0 Å². The number of aromatic nitrogens is 3. The van der Waals surface area contributed by atoms with E-state index in [1.807, 2.05) is 44.2 Å². The predicted octanol–water partition coefficient (Wildman–Crippen LogP) is 6.53. The Morgan fingerprint density at radius 3 is 2.41 bits per heavy atom. The highest BCUT2D eigenvalue weighted by Gasteiger charge is 2.23. The average molecular weight is 504 g/mol. The van der Waals surface area contributed by atoms with Gasteiger partial charge in [0, 0.05) is 24.1 Å². The van der Waals surface area contributed by atoms with E-state index in [9.17, 15) is 18.7 Å². The first-order chi connectivity index (χ1) is 17.8. The molecule has 1 atom stereocenters. The maximum absolute atomic E-state index is 14.0. The Morgan fingerprint density at radius 1 is 1.00 bits per heavy atom. The summed E-state index contributed by atoms with van der Waals surface area (Å²) in [5.74, 6) is -0.663. The van der Waals surface area contributed by atoms with Crippen LogP contribution in [0.2, 0.25) is 0 Å². The summed E-state index contributed by atoms with van der Waals surface area (Å²) in [6, 6.07) is 16.4. The normalized spacial score (nSPS) is 12.0. The molecule has 192 valence electrons. The molecule has 0 bridgehead atoms. The van der Waals surface area contributed by atoms with Gasteiger partial charge in [-0.3, -0.25) is 9.36 Å². The summed E-state index contributed by atoms with van der Waals surface area (Å²) in [5, 5.41) is 10.8. The zero-order valence-corrected chi connectivity index (χ0v) is 21.3. The number of rotatable bonds is 9. The lowest BCUT2D eigenvalue weighted by molar-refractivity contribution is 0.420. The van der Waals surface area contributed by atoms with E-state index in [2.05, 4.69) is 9.97 Å². The van der Waals surface area contributed by atoms with Gasteiger partial charge < -0.3 is 5.11 Å². The van der Waals surface area contributed by atoms with E-state index in [0.29, 0.717) is 29.9 Å². The van der Waals surface area contributed by atoms with Crippen LogP contribution in [0.4, 0.5) is 8.78 Å². The molecule has 0 amide bonds. The number of hydrogen-bond donors (Lipinski definition) is 1. The molecule has 2 heterocycles. The number of benzene rings is 2. The van der Waals surface area contributed by atoms with Gasteiger partial charge >= 0.3 is 0 Å². The van der Waals surface area contributed by atoms with Gasteiger partial charge in [-0.05, 0) is 60.7 Å². The van der Waals surface area contributed by atoms with Gasteiger partial charge in [0.2, 0.25) is 11.8 Å². The van der Waals surface area contributed by atoms with Gasteiger partial charge in [0.1, 0.15) is 11.6 Å². The average Bonchev–Trinajstić information content (AvgIpc) is 2.88. The maximum atomic E-state index is 14.0. The Labute approximate surface area is 215 Å². The second kappa shape index (κ2) is 11.5. The van der Waals surface area contributed by atoms with Crippen LogP contribution in [0.5, 0.6) is 5.88 Å². The van der Waals surface area contributed by atoms with Crippen LogP contribution >= 0.6 is 0 Å². The lowest BCUT2D eigenvalue weighted by atomic mass is 9.99. The molecule has 0 radical (unpaired) electrons. The monoisotopic (exact) mass is 503 g/mol. The molecule has 7 heteroatoms. The van der Waals surface area contributed by atoms with Crippen LogP contribution in [0.25, 0.3) is 11.1 Å². The van der Waals surface area contributed by atoms with Crippen LogP contribution in [-0.2, 0) is 12.8 Å². The van der Waals surface area contributed by atoms with Crippen molar-refractivity contribution in [2.24, 2.45) is 0 Å². The van der Waals surface area contributed by atoms with E-state index < -0.39 is 12.0 Å². The third kappa shape index (κ3) is 5.77. The number of hydrogen-bond acceptors (Lipinski definition) is 4. The van der Waals surface area contributed by atoms with Crippen molar-refractivity contribution >= 4 is 0 Å². The molecule has 0 aliphatic rings. The Hall–Kier alpha value is -3.87. The molecule has 4 rings (SSSR count). The first-order valence-corrected chi connectivity index (χ1v) is 12.6. The van der Waals surface area contributed by atoms with Gasteiger partial charge in [0.05, 0.1) is 11.6 Å². The number of unbranched alkanes of at least 4 members (excludes halogenated alkanes) is 1. The highest BCUT2D eigenvalue weighted by Crippen LogP contribution is 2.27. The van der Waals surface area contributed by atoms with E-state index in [1.54, 1.807) is 23.6 Å². The molecule has 0 spiro atoms. The fourth-order valence-corrected chi connectivity index (χ4v) is 4.71. The maximum Gasteiger partial charge on any atom is 0.261 e. The van der Waals surface area contributed by atoms with Crippen LogP contribution in [0, 0.1) is 18.7 Å². The van der Waals surface area contributed by atoms with Gasteiger partial charge in [-0.15, -0.1) is 0 Å². The summed E-state index contributed by atoms with van der Waals surface area (Å²) in [4.78, 5) is 22.2. The topological polar surface area (TPSA) is 68.0 Å². The summed E-state index contributed by atoms with van der Waals surface area (Å²) < 4.78 is 29.1. The molecular formula is C30H31F2N3O2. The number of pyridine rings is 1. The Morgan fingerprint density at radius 2 is 1.76 bits per heavy atom. The molecule has 2 aromatic heterocycles. The fraction of sp³-hybridized carbons (Fsp3) is 0.300.